The van der Waals surface area contributed by atoms with E-state index in [2.05, 4.69) is 25.1 Å². The number of nitriles is 1. The van der Waals surface area contributed by atoms with Gasteiger partial charge in [-0.25, -0.2) is 0 Å². The van der Waals surface area contributed by atoms with E-state index in [0.29, 0.717) is 0 Å². The van der Waals surface area contributed by atoms with Gasteiger partial charge in [-0.1, -0.05) is 56.9 Å². The summed E-state index contributed by atoms with van der Waals surface area (Å²) in [4.78, 5) is 0. The maximum atomic E-state index is 10.7. The van der Waals surface area contributed by atoms with Crippen LogP contribution in [-0.2, 0) is 6.42 Å². The summed E-state index contributed by atoms with van der Waals surface area (Å²) in [5.41, 5.74) is 1.58. The zero-order valence-corrected chi connectivity index (χ0v) is 11.7. The summed E-state index contributed by atoms with van der Waals surface area (Å²) in [5.74, 6) is 0. The molecular formula is C17H23NO. The minimum Gasteiger partial charge on any atom is -0.387 e. The lowest BCUT2D eigenvalue weighted by Gasteiger charge is -2.31. The highest BCUT2D eigenvalue weighted by Gasteiger charge is 2.39. The second-order valence-corrected chi connectivity index (χ2v) is 5.68. The molecule has 0 spiro atoms. The summed E-state index contributed by atoms with van der Waals surface area (Å²) >= 11 is 0. The lowest BCUT2D eigenvalue weighted by atomic mass is 9.74. The van der Waals surface area contributed by atoms with Crippen LogP contribution in [0.1, 0.15) is 62.7 Å². The largest absolute Gasteiger partial charge is 0.387 e. The first kappa shape index (κ1) is 14.1. The summed E-state index contributed by atoms with van der Waals surface area (Å²) in [6.45, 7) is 2.12. The van der Waals surface area contributed by atoms with E-state index in [1.54, 1.807) is 0 Å². The van der Waals surface area contributed by atoms with E-state index in [1.807, 2.05) is 12.1 Å². The number of benzene rings is 1. The van der Waals surface area contributed by atoms with Crippen LogP contribution in [0.5, 0.6) is 0 Å². The minimum atomic E-state index is -0.651. The minimum absolute atomic E-state index is 0.579. The van der Waals surface area contributed by atoms with E-state index in [-0.39, 0.29) is 0 Å². The van der Waals surface area contributed by atoms with Gasteiger partial charge in [0, 0.05) is 0 Å². The van der Waals surface area contributed by atoms with Gasteiger partial charge in [-0.15, -0.1) is 0 Å². The second kappa shape index (κ2) is 6.21. The van der Waals surface area contributed by atoms with Crippen molar-refractivity contribution in [1.29, 1.82) is 5.26 Å². The highest BCUT2D eigenvalue weighted by atomic mass is 16.3. The van der Waals surface area contributed by atoms with Gasteiger partial charge in [0.05, 0.1) is 17.6 Å². The lowest BCUT2D eigenvalue weighted by molar-refractivity contribution is 0.0516. The Kier molecular flexibility index (Phi) is 4.61. The van der Waals surface area contributed by atoms with Gasteiger partial charge >= 0.3 is 0 Å². The Labute approximate surface area is 116 Å². The maximum absolute atomic E-state index is 10.7. The molecule has 2 rings (SSSR count). The van der Waals surface area contributed by atoms with Crippen molar-refractivity contribution in [3.8, 4) is 6.07 Å². The topological polar surface area (TPSA) is 44.0 Å². The van der Waals surface area contributed by atoms with Crippen molar-refractivity contribution >= 4 is 0 Å². The average Bonchev–Trinajstić information content (AvgIpc) is 2.73. The molecule has 0 radical (unpaired) electrons. The van der Waals surface area contributed by atoms with Crippen molar-refractivity contribution in [3.63, 3.8) is 0 Å². The highest BCUT2D eigenvalue weighted by Crippen LogP contribution is 2.44. The summed E-state index contributed by atoms with van der Waals surface area (Å²) in [6.07, 6.45) is 6.47. The fourth-order valence-corrected chi connectivity index (χ4v) is 3.06. The van der Waals surface area contributed by atoms with Crippen molar-refractivity contribution in [2.24, 2.45) is 5.41 Å². The number of nitrogens with zero attached hydrogens (tertiary/aromatic N) is 1. The van der Waals surface area contributed by atoms with Crippen molar-refractivity contribution < 1.29 is 5.11 Å². The first-order chi connectivity index (χ1) is 9.22. The van der Waals surface area contributed by atoms with Gasteiger partial charge in [0.1, 0.15) is 0 Å². The van der Waals surface area contributed by atoms with Gasteiger partial charge in [-0.3, -0.25) is 0 Å². The predicted molar refractivity (Wildman–Crippen MR) is 76.5 cm³/mol. The quantitative estimate of drug-likeness (QED) is 0.827. The van der Waals surface area contributed by atoms with Crippen LogP contribution in [0.4, 0.5) is 0 Å². The van der Waals surface area contributed by atoms with Gasteiger partial charge in [-0.05, 0) is 30.4 Å². The lowest BCUT2D eigenvalue weighted by Crippen LogP contribution is -2.27. The third kappa shape index (κ3) is 2.98. The van der Waals surface area contributed by atoms with Crippen LogP contribution >= 0.6 is 0 Å². The van der Waals surface area contributed by atoms with Gasteiger partial charge in [0.25, 0.3) is 0 Å². The third-order valence-electron chi connectivity index (χ3n) is 4.45. The molecular weight excluding hydrogens is 234 g/mol. The van der Waals surface area contributed by atoms with Crippen molar-refractivity contribution in [2.45, 2.75) is 58.0 Å². The zero-order chi connectivity index (χ0) is 13.7. The van der Waals surface area contributed by atoms with Crippen LogP contribution in [0.2, 0.25) is 0 Å². The Hall–Kier alpha value is -1.33. The maximum Gasteiger partial charge on any atom is 0.0976 e. The van der Waals surface area contributed by atoms with E-state index in [4.69, 9.17) is 0 Å². The summed E-state index contributed by atoms with van der Waals surface area (Å²) < 4.78 is 0. The van der Waals surface area contributed by atoms with Gasteiger partial charge in [0.2, 0.25) is 0 Å². The number of hydrogen-bond donors (Lipinski definition) is 1. The number of aliphatic hydroxyl groups excluding tert-OH is 1. The molecule has 0 aliphatic heterocycles. The molecule has 1 N–H and O–H groups in total. The summed E-state index contributed by atoms with van der Waals surface area (Å²) in [5, 5.41) is 20.3. The molecule has 1 aromatic carbocycles. The molecule has 1 aliphatic rings. The van der Waals surface area contributed by atoms with Crippen LogP contribution in [-0.4, -0.2) is 5.11 Å². The molecule has 0 amide bonds. The predicted octanol–water partition coefficient (Wildman–Crippen LogP) is 4.15. The van der Waals surface area contributed by atoms with E-state index >= 15 is 0 Å². The second-order valence-electron chi connectivity index (χ2n) is 5.68. The molecule has 1 aliphatic carbocycles. The molecule has 0 heterocycles. The monoisotopic (exact) mass is 257 g/mol. The van der Waals surface area contributed by atoms with Crippen LogP contribution in [0.15, 0.2) is 24.3 Å². The first-order valence-electron chi connectivity index (χ1n) is 7.40. The molecule has 102 valence electrons. The summed E-state index contributed by atoms with van der Waals surface area (Å²) in [7, 11) is 0. The highest BCUT2D eigenvalue weighted by molar-refractivity contribution is 5.27. The molecule has 1 atom stereocenters. The van der Waals surface area contributed by atoms with Crippen LogP contribution in [0.25, 0.3) is 0 Å². The van der Waals surface area contributed by atoms with E-state index in [1.165, 1.54) is 18.4 Å². The van der Waals surface area contributed by atoms with Crippen molar-refractivity contribution in [3.05, 3.63) is 35.4 Å². The SMILES string of the molecule is CCc1ccc(C(O)C2(C#N)CCCCCC2)cc1. The van der Waals surface area contributed by atoms with E-state index in [0.717, 1.165) is 37.7 Å². The normalized spacial score (nSPS) is 20.3. The Morgan fingerprint density at radius 2 is 1.74 bits per heavy atom. The molecule has 1 fully saturated rings. The number of aryl methyl sites for hydroxylation is 1. The van der Waals surface area contributed by atoms with Gasteiger partial charge in [-0.2, -0.15) is 5.26 Å². The van der Waals surface area contributed by atoms with Crippen molar-refractivity contribution in [2.75, 3.05) is 0 Å². The standard InChI is InChI=1S/C17H23NO/c1-2-14-7-9-15(10-8-14)16(19)17(13-18)11-5-3-4-6-12-17/h7-10,16,19H,2-6,11-12H2,1H3. The average molecular weight is 257 g/mol. The van der Waals surface area contributed by atoms with Crippen LogP contribution in [0.3, 0.4) is 0 Å². The Morgan fingerprint density at radius 3 is 2.21 bits per heavy atom. The zero-order valence-electron chi connectivity index (χ0n) is 11.7. The molecule has 0 saturated heterocycles. The molecule has 0 bridgehead atoms. The summed E-state index contributed by atoms with van der Waals surface area (Å²) in [6, 6.07) is 10.5. The first-order valence-corrected chi connectivity index (χ1v) is 7.40. The van der Waals surface area contributed by atoms with E-state index < -0.39 is 11.5 Å². The molecule has 0 aromatic heterocycles. The van der Waals surface area contributed by atoms with Crippen LogP contribution in [0, 0.1) is 16.7 Å². The van der Waals surface area contributed by atoms with Crippen molar-refractivity contribution in [1.82, 2.24) is 0 Å². The molecule has 1 saturated carbocycles. The molecule has 2 heteroatoms. The smallest absolute Gasteiger partial charge is 0.0976 e. The molecule has 1 unspecified atom stereocenters. The Bertz CT molecular complexity index is 435. The fourth-order valence-electron chi connectivity index (χ4n) is 3.06. The molecule has 19 heavy (non-hydrogen) atoms. The fraction of sp³-hybridized carbons (Fsp3) is 0.588. The number of rotatable bonds is 3. The van der Waals surface area contributed by atoms with Gasteiger partial charge < -0.3 is 5.11 Å². The Morgan fingerprint density at radius 1 is 1.16 bits per heavy atom. The van der Waals surface area contributed by atoms with Gasteiger partial charge in [0.15, 0.2) is 0 Å². The number of aliphatic hydroxyl groups is 1. The van der Waals surface area contributed by atoms with Crippen LogP contribution < -0.4 is 0 Å². The third-order valence-corrected chi connectivity index (χ3v) is 4.45. The molecule has 2 nitrogen and oxygen atoms in total. The number of hydrogen-bond acceptors (Lipinski definition) is 2. The van der Waals surface area contributed by atoms with E-state index in [9.17, 15) is 10.4 Å². The Balaban J connectivity index is 2.23. The molecule has 1 aromatic rings.